The van der Waals surface area contributed by atoms with Gasteiger partial charge in [-0.15, -0.1) is 0 Å². The van der Waals surface area contributed by atoms with E-state index in [4.69, 9.17) is 4.74 Å². The van der Waals surface area contributed by atoms with E-state index in [0.29, 0.717) is 30.0 Å². The molecule has 0 saturated heterocycles. The highest BCUT2D eigenvalue weighted by molar-refractivity contribution is 7.99. The summed E-state index contributed by atoms with van der Waals surface area (Å²) >= 11 is 1.58. The van der Waals surface area contributed by atoms with Gasteiger partial charge in [0.05, 0.1) is 25.0 Å². The summed E-state index contributed by atoms with van der Waals surface area (Å²) in [6.07, 6.45) is 0.433. The van der Waals surface area contributed by atoms with E-state index < -0.39 is 14.0 Å². The van der Waals surface area contributed by atoms with Gasteiger partial charge < -0.3 is 9.64 Å². The smallest absolute Gasteiger partial charge is 0.335 e. The molecule has 0 aliphatic heterocycles. The fourth-order valence-electron chi connectivity index (χ4n) is 3.12. The minimum atomic E-state index is -1.35. The van der Waals surface area contributed by atoms with Crippen LogP contribution < -0.4 is 0 Å². The maximum Gasteiger partial charge on any atom is 0.335 e. The Morgan fingerprint density at radius 3 is 2.31 bits per heavy atom. The van der Waals surface area contributed by atoms with Crippen molar-refractivity contribution in [1.29, 1.82) is 0 Å². The highest BCUT2D eigenvalue weighted by Crippen LogP contribution is 2.26. The number of amides is 1. The van der Waals surface area contributed by atoms with Crippen LogP contribution in [0.3, 0.4) is 0 Å². The lowest BCUT2D eigenvalue weighted by molar-refractivity contribution is -0.136. The molecule has 0 bridgehead atoms. The number of benzene rings is 1. The van der Waals surface area contributed by atoms with E-state index in [-0.39, 0.29) is 5.91 Å². The van der Waals surface area contributed by atoms with Gasteiger partial charge in [0, 0.05) is 20.2 Å². The van der Waals surface area contributed by atoms with Crippen LogP contribution in [0.25, 0.3) is 0 Å². The molecule has 1 amide bonds. The molecule has 0 aliphatic carbocycles. The molecule has 0 saturated carbocycles. The Labute approximate surface area is 181 Å². The van der Waals surface area contributed by atoms with Crippen molar-refractivity contribution in [3.05, 3.63) is 59.3 Å². The Balaban J connectivity index is 3.28. The molecular formula is C23H35NO3SSi. The molecule has 6 heteroatoms. The zero-order valence-electron chi connectivity index (χ0n) is 18.7. The molecule has 0 atom stereocenters. The molecule has 0 radical (unpaired) electrons. The second-order valence-corrected chi connectivity index (χ2v) is 15.1. The van der Waals surface area contributed by atoms with Crippen LogP contribution in [0, 0.1) is 0 Å². The van der Waals surface area contributed by atoms with Gasteiger partial charge in [-0.2, -0.15) is 11.8 Å². The van der Waals surface area contributed by atoms with Gasteiger partial charge in [0.15, 0.2) is 0 Å². The van der Waals surface area contributed by atoms with E-state index >= 15 is 0 Å². The summed E-state index contributed by atoms with van der Waals surface area (Å²) < 4.78 is 5.06. The van der Waals surface area contributed by atoms with Gasteiger partial charge in [0.1, 0.15) is 0 Å². The maximum absolute atomic E-state index is 13.0. The third-order valence-corrected chi connectivity index (χ3v) is 6.81. The van der Waals surface area contributed by atoms with E-state index in [1.54, 1.807) is 16.7 Å². The molecule has 0 aliphatic rings. The fourth-order valence-corrected chi connectivity index (χ4v) is 5.28. The molecule has 0 spiro atoms. The van der Waals surface area contributed by atoms with Crippen LogP contribution in [0.5, 0.6) is 0 Å². The van der Waals surface area contributed by atoms with Crippen LogP contribution in [0.15, 0.2) is 53.8 Å². The molecule has 4 nitrogen and oxygen atoms in total. The zero-order chi connectivity index (χ0) is 22.0. The van der Waals surface area contributed by atoms with Crippen molar-refractivity contribution in [3.63, 3.8) is 0 Å². The number of nitrogens with zero attached hydrogens (tertiary/aromatic N) is 1. The molecule has 1 aromatic carbocycles. The number of esters is 1. The molecule has 160 valence electrons. The summed E-state index contributed by atoms with van der Waals surface area (Å²) in [5.74, 6) is 0.846. The van der Waals surface area contributed by atoms with Gasteiger partial charge in [0.25, 0.3) is 0 Å². The Bertz CT molecular complexity index is 738. The number of rotatable bonds is 11. The fraction of sp³-hybridized carbons (Fsp3) is 0.478. The van der Waals surface area contributed by atoms with Gasteiger partial charge in [-0.25, -0.2) is 4.79 Å². The maximum atomic E-state index is 13.0. The summed E-state index contributed by atoms with van der Waals surface area (Å²) in [6.45, 7) is 15.3. The predicted octanol–water partition coefficient (Wildman–Crippen LogP) is 5.50. The number of carbonyl (C=O) groups excluding carboxylic acids is 2. The average molecular weight is 434 g/mol. The Kier molecular flexibility index (Phi) is 10.5. The van der Waals surface area contributed by atoms with Crippen LogP contribution in [-0.4, -0.2) is 43.5 Å². The normalized spacial score (nSPS) is 12.2. The second-order valence-electron chi connectivity index (χ2n) is 8.32. The van der Waals surface area contributed by atoms with Crippen molar-refractivity contribution < 1.29 is 14.3 Å². The number of hydrogen-bond donors (Lipinski definition) is 0. The van der Waals surface area contributed by atoms with Crippen LogP contribution in [0.1, 0.15) is 25.8 Å². The highest BCUT2D eigenvalue weighted by atomic mass is 32.2. The Morgan fingerprint density at radius 1 is 1.17 bits per heavy atom. The molecule has 0 N–H and O–H groups in total. The SMILES string of the molecule is C=C(C/C(C(=O)OC)=C(\C)N(Cc1ccccc1)C(=O)CSCC)C[Si](C)(C)C. The lowest BCUT2D eigenvalue weighted by atomic mass is 10.0. The topological polar surface area (TPSA) is 46.6 Å². The van der Waals surface area contributed by atoms with Crippen LogP contribution >= 0.6 is 11.8 Å². The van der Waals surface area contributed by atoms with E-state index in [1.165, 1.54) is 7.11 Å². The monoisotopic (exact) mass is 433 g/mol. The van der Waals surface area contributed by atoms with Gasteiger partial charge in [-0.1, -0.05) is 69.0 Å². The van der Waals surface area contributed by atoms with Crippen molar-refractivity contribution in [2.75, 3.05) is 18.6 Å². The number of hydrogen-bond acceptors (Lipinski definition) is 4. The number of thioether (sulfide) groups is 1. The third kappa shape index (κ3) is 9.04. The van der Waals surface area contributed by atoms with Crippen LogP contribution in [0.2, 0.25) is 25.7 Å². The van der Waals surface area contributed by atoms with E-state index in [9.17, 15) is 9.59 Å². The summed E-state index contributed by atoms with van der Waals surface area (Å²) in [7, 11) is 0.0296. The van der Waals surface area contributed by atoms with Crippen molar-refractivity contribution in [1.82, 2.24) is 4.90 Å². The average Bonchev–Trinajstić information content (AvgIpc) is 2.66. The highest BCUT2D eigenvalue weighted by Gasteiger charge is 2.24. The van der Waals surface area contributed by atoms with E-state index in [2.05, 4.69) is 26.2 Å². The van der Waals surface area contributed by atoms with Crippen LogP contribution in [0.4, 0.5) is 0 Å². The van der Waals surface area contributed by atoms with Gasteiger partial charge in [-0.3, -0.25) is 4.79 Å². The first-order valence-electron chi connectivity index (χ1n) is 9.95. The summed E-state index contributed by atoms with van der Waals surface area (Å²) in [5, 5.41) is 0. The molecule has 1 rings (SSSR count). The first kappa shape index (κ1) is 25.2. The van der Waals surface area contributed by atoms with E-state index in [0.717, 1.165) is 22.9 Å². The minimum Gasteiger partial charge on any atom is -0.466 e. The predicted molar refractivity (Wildman–Crippen MR) is 127 cm³/mol. The molecule has 1 aromatic rings. The number of methoxy groups -OCH3 is 1. The Hall–Kier alpha value is -1.79. The number of allylic oxidation sites excluding steroid dienone is 2. The van der Waals surface area contributed by atoms with Crippen molar-refractivity contribution >= 4 is 31.7 Å². The molecule has 0 heterocycles. The lowest BCUT2D eigenvalue weighted by Gasteiger charge is -2.26. The van der Waals surface area contributed by atoms with E-state index in [1.807, 2.05) is 44.2 Å². The summed E-state index contributed by atoms with van der Waals surface area (Å²) in [5.41, 5.74) is 3.20. The van der Waals surface area contributed by atoms with Crippen molar-refractivity contribution in [2.45, 2.75) is 52.5 Å². The largest absolute Gasteiger partial charge is 0.466 e. The quantitative estimate of drug-likeness (QED) is 0.200. The van der Waals surface area contributed by atoms with Crippen LogP contribution in [-0.2, 0) is 20.9 Å². The standard InChI is InChI=1S/C23H35NO3SSi/c1-8-28-16-22(25)24(15-20-12-10-9-11-13-20)19(3)21(23(26)27-4)14-18(2)17-29(5,6)7/h9-13H,2,8,14-17H2,1,3-7H3/b21-19-. The third-order valence-electron chi connectivity index (χ3n) is 4.39. The molecule has 0 aromatic heterocycles. The summed E-state index contributed by atoms with van der Waals surface area (Å²) in [6, 6.07) is 10.8. The zero-order valence-corrected chi connectivity index (χ0v) is 20.5. The van der Waals surface area contributed by atoms with Gasteiger partial charge in [-0.05, 0) is 24.3 Å². The molecule has 0 unspecified atom stereocenters. The molecular weight excluding hydrogens is 398 g/mol. The van der Waals surface area contributed by atoms with Gasteiger partial charge >= 0.3 is 5.97 Å². The first-order chi connectivity index (χ1) is 13.6. The number of ether oxygens (including phenoxy) is 1. The van der Waals surface area contributed by atoms with Gasteiger partial charge in [0.2, 0.25) is 5.91 Å². The molecule has 29 heavy (non-hydrogen) atoms. The minimum absolute atomic E-state index is 0.00425. The van der Waals surface area contributed by atoms with Crippen molar-refractivity contribution in [3.8, 4) is 0 Å². The Morgan fingerprint density at radius 2 is 1.79 bits per heavy atom. The number of carbonyl (C=O) groups is 2. The summed E-state index contributed by atoms with van der Waals surface area (Å²) in [4.78, 5) is 27.3. The van der Waals surface area contributed by atoms with Crippen molar-refractivity contribution in [2.24, 2.45) is 0 Å². The second kappa shape index (κ2) is 12.0. The lowest BCUT2D eigenvalue weighted by Crippen LogP contribution is -2.32. The first-order valence-corrected chi connectivity index (χ1v) is 14.8. The molecule has 0 fully saturated rings.